The van der Waals surface area contributed by atoms with Crippen LogP contribution in [0.1, 0.15) is 38.7 Å². The number of aliphatic hydroxyl groups excluding tert-OH is 1. The van der Waals surface area contributed by atoms with Gasteiger partial charge in [0.25, 0.3) is 0 Å². The minimum absolute atomic E-state index is 0.164. The van der Waals surface area contributed by atoms with Crippen LogP contribution in [0.5, 0.6) is 0 Å². The summed E-state index contributed by atoms with van der Waals surface area (Å²) in [6.45, 7) is 4.53. The smallest absolute Gasteiger partial charge is 0.410 e. The monoisotopic (exact) mass is 349 g/mol. The number of benzene rings is 1. The third-order valence-corrected chi connectivity index (χ3v) is 4.46. The molecule has 0 saturated carbocycles. The summed E-state index contributed by atoms with van der Waals surface area (Å²) in [4.78, 5) is 26.3. The van der Waals surface area contributed by atoms with Gasteiger partial charge in [0.1, 0.15) is 6.61 Å². The Kier molecular flexibility index (Phi) is 7.25. The molecular weight excluding hydrogens is 322 g/mol. The lowest BCUT2D eigenvalue weighted by Crippen LogP contribution is -2.47. The minimum atomic E-state index is -0.745. The summed E-state index contributed by atoms with van der Waals surface area (Å²) in [5, 5.41) is 10.4. The molecule has 1 heterocycles. The highest BCUT2D eigenvalue weighted by atomic mass is 16.6. The standard InChI is InChI=1S/C19H27NO5/c1-3-8-15(18(22)24-4-2)17-16(21)11-12-20(17)19(23)25-13-14-9-6-5-7-10-14/h5-7,9-10,15-17,21H,3-4,8,11-13H2,1-2H3/t15-,16+,17-/m0/s1. The first kappa shape index (κ1) is 19.2. The third kappa shape index (κ3) is 4.95. The zero-order chi connectivity index (χ0) is 18.2. The van der Waals surface area contributed by atoms with Crippen molar-refractivity contribution in [2.75, 3.05) is 13.2 Å². The molecule has 0 bridgehead atoms. The second-order valence-corrected chi connectivity index (χ2v) is 6.23. The number of carbonyl (C=O) groups excluding carboxylic acids is 2. The van der Waals surface area contributed by atoms with E-state index >= 15 is 0 Å². The summed E-state index contributed by atoms with van der Waals surface area (Å²) in [7, 11) is 0. The summed E-state index contributed by atoms with van der Waals surface area (Å²) in [6, 6.07) is 8.81. The maximum absolute atomic E-state index is 12.5. The molecule has 138 valence electrons. The van der Waals surface area contributed by atoms with Crippen molar-refractivity contribution in [1.29, 1.82) is 0 Å². The van der Waals surface area contributed by atoms with E-state index in [9.17, 15) is 14.7 Å². The van der Waals surface area contributed by atoms with E-state index in [1.54, 1.807) is 6.92 Å². The lowest BCUT2D eigenvalue weighted by Gasteiger charge is -2.31. The van der Waals surface area contributed by atoms with Crippen LogP contribution < -0.4 is 0 Å². The lowest BCUT2D eigenvalue weighted by molar-refractivity contribution is -0.151. The van der Waals surface area contributed by atoms with Gasteiger partial charge in [0, 0.05) is 6.54 Å². The van der Waals surface area contributed by atoms with Crippen molar-refractivity contribution in [3.63, 3.8) is 0 Å². The van der Waals surface area contributed by atoms with Gasteiger partial charge < -0.3 is 19.5 Å². The van der Waals surface area contributed by atoms with E-state index < -0.39 is 24.2 Å². The van der Waals surface area contributed by atoms with E-state index in [1.807, 2.05) is 37.3 Å². The molecule has 1 aromatic rings. The highest BCUT2D eigenvalue weighted by Crippen LogP contribution is 2.29. The Balaban J connectivity index is 2.06. The molecule has 0 unspecified atom stereocenters. The topological polar surface area (TPSA) is 76.1 Å². The van der Waals surface area contributed by atoms with E-state index in [0.29, 0.717) is 19.4 Å². The summed E-state index contributed by atoms with van der Waals surface area (Å²) >= 11 is 0. The van der Waals surface area contributed by atoms with Gasteiger partial charge in [-0.2, -0.15) is 0 Å². The molecule has 1 saturated heterocycles. The van der Waals surface area contributed by atoms with Crippen LogP contribution in [0.25, 0.3) is 0 Å². The molecule has 1 aliphatic rings. The van der Waals surface area contributed by atoms with Crippen molar-refractivity contribution in [1.82, 2.24) is 4.90 Å². The fraction of sp³-hybridized carbons (Fsp3) is 0.579. The van der Waals surface area contributed by atoms with E-state index in [1.165, 1.54) is 4.90 Å². The van der Waals surface area contributed by atoms with Crippen molar-refractivity contribution in [3.8, 4) is 0 Å². The van der Waals surface area contributed by atoms with Crippen LogP contribution in [0.4, 0.5) is 4.79 Å². The highest BCUT2D eigenvalue weighted by Gasteiger charge is 2.44. The van der Waals surface area contributed by atoms with E-state index in [0.717, 1.165) is 12.0 Å². The maximum Gasteiger partial charge on any atom is 0.410 e. The largest absolute Gasteiger partial charge is 0.466 e. The van der Waals surface area contributed by atoms with Gasteiger partial charge >= 0.3 is 12.1 Å². The van der Waals surface area contributed by atoms with Gasteiger partial charge in [-0.15, -0.1) is 0 Å². The number of aliphatic hydroxyl groups is 1. The van der Waals surface area contributed by atoms with Crippen molar-refractivity contribution in [2.45, 2.75) is 51.9 Å². The third-order valence-electron chi connectivity index (χ3n) is 4.46. The van der Waals surface area contributed by atoms with E-state index in [4.69, 9.17) is 9.47 Å². The molecule has 1 N–H and O–H groups in total. The van der Waals surface area contributed by atoms with Crippen LogP contribution in [0.2, 0.25) is 0 Å². The van der Waals surface area contributed by atoms with Gasteiger partial charge in [-0.05, 0) is 25.3 Å². The van der Waals surface area contributed by atoms with E-state index in [-0.39, 0.29) is 19.2 Å². The Morgan fingerprint density at radius 1 is 1.24 bits per heavy atom. The lowest BCUT2D eigenvalue weighted by atomic mass is 9.91. The number of hydrogen-bond donors (Lipinski definition) is 1. The number of hydrogen-bond acceptors (Lipinski definition) is 5. The number of esters is 1. The number of ether oxygens (including phenoxy) is 2. The number of amides is 1. The molecule has 25 heavy (non-hydrogen) atoms. The predicted octanol–water partition coefficient (Wildman–Crippen LogP) is 2.74. The number of nitrogens with zero attached hydrogens (tertiary/aromatic N) is 1. The molecule has 0 spiro atoms. The van der Waals surface area contributed by atoms with Crippen molar-refractivity contribution in [3.05, 3.63) is 35.9 Å². The number of rotatable bonds is 7. The Bertz CT molecular complexity index is 562. The molecule has 6 heteroatoms. The minimum Gasteiger partial charge on any atom is -0.466 e. The van der Waals surface area contributed by atoms with Crippen molar-refractivity contribution in [2.24, 2.45) is 5.92 Å². The summed E-state index contributed by atoms with van der Waals surface area (Å²) in [5.74, 6) is -0.900. The average Bonchev–Trinajstić information content (AvgIpc) is 3.00. The van der Waals surface area contributed by atoms with Crippen LogP contribution in [-0.2, 0) is 20.9 Å². The van der Waals surface area contributed by atoms with Crippen molar-refractivity contribution < 1.29 is 24.2 Å². The highest BCUT2D eigenvalue weighted by molar-refractivity contribution is 5.76. The van der Waals surface area contributed by atoms with Gasteiger partial charge in [0.05, 0.1) is 24.7 Å². The molecule has 1 aromatic carbocycles. The second-order valence-electron chi connectivity index (χ2n) is 6.23. The normalized spacial score (nSPS) is 21.0. The molecule has 0 aliphatic carbocycles. The molecule has 1 amide bonds. The summed E-state index contributed by atoms with van der Waals surface area (Å²) < 4.78 is 10.5. The Morgan fingerprint density at radius 3 is 2.60 bits per heavy atom. The molecule has 1 aliphatic heterocycles. The molecule has 6 nitrogen and oxygen atoms in total. The first-order valence-corrected chi connectivity index (χ1v) is 8.90. The Hall–Kier alpha value is -2.08. The maximum atomic E-state index is 12.5. The number of carbonyl (C=O) groups is 2. The fourth-order valence-electron chi connectivity index (χ4n) is 3.29. The average molecular weight is 349 g/mol. The van der Waals surface area contributed by atoms with E-state index in [2.05, 4.69) is 0 Å². The zero-order valence-corrected chi connectivity index (χ0v) is 14.9. The van der Waals surface area contributed by atoms with Crippen LogP contribution in [0.15, 0.2) is 30.3 Å². The van der Waals surface area contributed by atoms with Gasteiger partial charge in [-0.25, -0.2) is 4.79 Å². The van der Waals surface area contributed by atoms with Gasteiger partial charge in [0.15, 0.2) is 0 Å². The van der Waals surface area contributed by atoms with Crippen LogP contribution in [0, 0.1) is 5.92 Å². The van der Waals surface area contributed by atoms with Crippen LogP contribution in [0.3, 0.4) is 0 Å². The number of likely N-dealkylation sites (tertiary alicyclic amines) is 1. The molecule has 0 radical (unpaired) electrons. The summed E-state index contributed by atoms with van der Waals surface area (Å²) in [6.07, 6.45) is 0.508. The summed E-state index contributed by atoms with van der Waals surface area (Å²) in [5.41, 5.74) is 0.891. The zero-order valence-electron chi connectivity index (χ0n) is 14.9. The molecule has 1 fully saturated rings. The first-order chi connectivity index (χ1) is 12.1. The predicted molar refractivity (Wildman–Crippen MR) is 92.8 cm³/mol. The van der Waals surface area contributed by atoms with Crippen LogP contribution >= 0.6 is 0 Å². The Labute approximate surface area is 148 Å². The molecular formula is C19H27NO5. The molecule has 0 aromatic heterocycles. The second kappa shape index (κ2) is 9.42. The van der Waals surface area contributed by atoms with Crippen LogP contribution in [-0.4, -0.2) is 47.4 Å². The van der Waals surface area contributed by atoms with Gasteiger partial charge in [-0.3, -0.25) is 4.79 Å². The van der Waals surface area contributed by atoms with Crippen molar-refractivity contribution >= 4 is 12.1 Å². The Morgan fingerprint density at radius 2 is 1.96 bits per heavy atom. The molecule has 2 rings (SSSR count). The SMILES string of the molecule is CCC[C@H](C(=O)OCC)[C@H]1[C@H](O)CCN1C(=O)OCc1ccccc1. The van der Waals surface area contributed by atoms with Gasteiger partial charge in [-0.1, -0.05) is 43.7 Å². The fourth-order valence-corrected chi connectivity index (χ4v) is 3.29. The van der Waals surface area contributed by atoms with Gasteiger partial charge in [0.2, 0.25) is 0 Å². The first-order valence-electron chi connectivity index (χ1n) is 8.90. The molecule has 3 atom stereocenters. The quantitative estimate of drug-likeness (QED) is 0.766.